The Kier molecular flexibility index (Phi) is 4.67. The highest BCUT2D eigenvalue weighted by Crippen LogP contribution is 2.31. The standard InChI is InChI=1S/C22H22N2O3/c1-15(2)24(14-16-11-17-5-3-4-6-19(17)23-13-16)22(25)18-7-8-20-21(12-18)27-10-9-26-20/h3-8,11-13,15H,9-10,14H2,1-2H3. The number of para-hydroxylation sites is 1. The van der Waals surface area contributed by atoms with Gasteiger partial charge in [0.25, 0.3) is 5.91 Å². The third kappa shape index (κ3) is 3.58. The Bertz CT molecular complexity index is 984. The molecule has 2 aromatic carbocycles. The zero-order valence-corrected chi connectivity index (χ0v) is 15.5. The van der Waals surface area contributed by atoms with E-state index < -0.39 is 0 Å². The maximum atomic E-state index is 13.1. The Balaban J connectivity index is 1.60. The molecule has 1 aliphatic heterocycles. The molecule has 0 spiro atoms. The molecule has 1 aromatic heterocycles. The molecule has 3 aromatic rings. The van der Waals surface area contributed by atoms with Crippen LogP contribution in [0.2, 0.25) is 0 Å². The first-order valence-corrected chi connectivity index (χ1v) is 9.16. The summed E-state index contributed by atoms with van der Waals surface area (Å²) in [4.78, 5) is 19.5. The van der Waals surface area contributed by atoms with Crippen molar-refractivity contribution in [2.75, 3.05) is 13.2 Å². The molecule has 0 radical (unpaired) electrons. The Labute approximate surface area is 158 Å². The second-order valence-electron chi connectivity index (χ2n) is 6.92. The number of carbonyl (C=O) groups is 1. The van der Waals surface area contributed by atoms with Crippen molar-refractivity contribution in [3.05, 3.63) is 65.9 Å². The number of fused-ring (bicyclic) bond motifs is 2. The lowest BCUT2D eigenvalue weighted by atomic mass is 10.1. The zero-order chi connectivity index (χ0) is 18.8. The van der Waals surface area contributed by atoms with Crippen LogP contribution in [0.15, 0.2) is 54.7 Å². The monoisotopic (exact) mass is 362 g/mol. The second-order valence-corrected chi connectivity index (χ2v) is 6.92. The number of nitrogens with zero attached hydrogens (tertiary/aromatic N) is 2. The van der Waals surface area contributed by atoms with Crippen molar-refractivity contribution < 1.29 is 14.3 Å². The Morgan fingerprint density at radius 2 is 1.85 bits per heavy atom. The molecule has 2 heterocycles. The van der Waals surface area contributed by atoms with E-state index >= 15 is 0 Å². The molecule has 0 atom stereocenters. The second kappa shape index (κ2) is 7.27. The minimum Gasteiger partial charge on any atom is -0.486 e. The van der Waals surface area contributed by atoms with Crippen molar-refractivity contribution in [3.63, 3.8) is 0 Å². The molecule has 138 valence electrons. The Morgan fingerprint density at radius 1 is 1.07 bits per heavy atom. The number of hydrogen-bond acceptors (Lipinski definition) is 4. The van der Waals surface area contributed by atoms with Gasteiger partial charge in [-0.15, -0.1) is 0 Å². The average Bonchev–Trinajstić information content (AvgIpc) is 2.70. The fourth-order valence-corrected chi connectivity index (χ4v) is 3.23. The van der Waals surface area contributed by atoms with Gasteiger partial charge in [0.1, 0.15) is 13.2 Å². The Morgan fingerprint density at radius 3 is 2.67 bits per heavy atom. The molecule has 0 saturated carbocycles. The molecule has 5 nitrogen and oxygen atoms in total. The van der Waals surface area contributed by atoms with Gasteiger partial charge < -0.3 is 14.4 Å². The normalized spacial score (nSPS) is 13.0. The third-order valence-corrected chi connectivity index (χ3v) is 4.67. The molecule has 0 saturated heterocycles. The van der Waals surface area contributed by atoms with Crippen LogP contribution in [0.4, 0.5) is 0 Å². The number of benzene rings is 2. The molecule has 4 rings (SSSR count). The number of aromatic nitrogens is 1. The van der Waals surface area contributed by atoms with Crippen LogP contribution in [-0.4, -0.2) is 35.0 Å². The predicted molar refractivity (Wildman–Crippen MR) is 104 cm³/mol. The average molecular weight is 362 g/mol. The number of carbonyl (C=O) groups excluding carboxylic acids is 1. The lowest BCUT2D eigenvalue weighted by molar-refractivity contribution is 0.0689. The molecule has 5 heteroatoms. The van der Waals surface area contributed by atoms with Gasteiger partial charge in [-0.3, -0.25) is 9.78 Å². The fourth-order valence-electron chi connectivity index (χ4n) is 3.23. The molecule has 1 aliphatic rings. The number of hydrogen-bond donors (Lipinski definition) is 0. The summed E-state index contributed by atoms with van der Waals surface area (Å²) in [5, 5.41) is 1.07. The Hall–Kier alpha value is -3.08. The highest BCUT2D eigenvalue weighted by Gasteiger charge is 2.22. The van der Waals surface area contributed by atoms with Crippen molar-refractivity contribution >= 4 is 16.8 Å². The van der Waals surface area contributed by atoms with E-state index in [1.54, 1.807) is 18.2 Å². The van der Waals surface area contributed by atoms with Crippen molar-refractivity contribution in [3.8, 4) is 11.5 Å². The first-order chi connectivity index (χ1) is 13.1. The maximum absolute atomic E-state index is 13.1. The summed E-state index contributed by atoms with van der Waals surface area (Å²) in [5.74, 6) is 1.28. The molecule has 0 bridgehead atoms. The van der Waals surface area contributed by atoms with Gasteiger partial charge in [0.2, 0.25) is 0 Å². The van der Waals surface area contributed by atoms with E-state index in [1.165, 1.54) is 0 Å². The van der Waals surface area contributed by atoms with Crippen LogP contribution < -0.4 is 9.47 Å². The lowest BCUT2D eigenvalue weighted by Crippen LogP contribution is -2.36. The molecule has 1 amide bonds. The van der Waals surface area contributed by atoms with Crippen LogP contribution in [0.1, 0.15) is 29.8 Å². The SMILES string of the molecule is CC(C)N(Cc1cnc2ccccc2c1)C(=O)c1ccc2c(c1)OCCO2. The van der Waals surface area contributed by atoms with Crippen molar-refractivity contribution in [1.29, 1.82) is 0 Å². The van der Waals surface area contributed by atoms with Gasteiger partial charge in [0.05, 0.1) is 5.52 Å². The minimum absolute atomic E-state index is 0.0323. The third-order valence-electron chi connectivity index (χ3n) is 4.67. The van der Waals surface area contributed by atoms with Crippen LogP contribution in [-0.2, 0) is 6.54 Å². The molecular weight excluding hydrogens is 340 g/mol. The van der Waals surface area contributed by atoms with Crippen molar-refractivity contribution in [1.82, 2.24) is 9.88 Å². The molecule has 0 aliphatic carbocycles. The van der Waals surface area contributed by atoms with Crippen molar-refractivity contribution in [2.24, 2.45) is 0 Å². The minimum atomic E-state index is -0.0323. The number of amides is 1. The van der Waals surface area contributed by atoms with Gasteiger partial charge in [-0.1, -0.05) is 18.2 Å². The van der Waals surface area contributed by atoms with Gasteiger partial charge in [0.15, 0.2) is 11.5 Å². The van der Waals surface area contributed by atoms with Crippen molar-refractivity contribution in [2.45, 2.75) is 26.4 Å². The summed E-state index contributed by atoms with van der Waals surface area (Å²) in [5.41, 5.74) is 2.56. The smallest absolute Gasteiger partial charge is 0.254 e. The van der Waals surface area contributed by atoms with Crippen LogP contribution in [0.3, 0.4) is 0 Å². The van der Waals surface area contributed by atoms with Gasteiger partial charge in [0, 0.05) is 29.7 Å². The molecule has 0 N–H and O–H groups in total. The fraction of sp³-hybridized carbons (Fsp3) is 0.273. The summed E-state index contributed by atoms with van der Waals surface area (Å²) < 4.78 is 11.2. The van der Waals surface area contributed by atoms with Crippen LogP contribution in [0, 0.1) is 0 Å². The van der Waals surface area contributed by atoms with E-state index in [-0.39, 0.29) is 11.9 Å². The first kappa shape index (κ1) is 17.3. The van der Waals surface area contributed by atoms with E-state index in [0.717, 1.165) is 16.5 Å². The summed E-state index contributed by atoms with van der Waals surface area (Å²) in [6, 6.07) is 15.5. The van der Waals surface area contributed by atoms with Crippen LogP contribution >= 0.6 is 0 Å². The number of ether oxygens (including phenoxy) is 2. The lowest BCUT2D eigenvalue weighted by Gasteiger charge is -2.27. The van der Waals surface area contributed by atoms with E-state index in [9.17, 15) is 4.79 Å². The largest absolute Gasteiger partial charge is 0.486 e. The summed E-state index contributed by atoms with van der Waals surface area (Å²) in [7, 11) is 0. The maximum Gasteiger partial charge on any atom is 0.254 e. The van der Waals surface area contributed by atoms with Gasteiger partial charge in [-0.2, -0.15) is 0 Å². The van der Waals surface area contributed by atoms with Crippen LogP contribution in [0.5, 0.6) is 11.5 Å². The van der Waals surface area contributed by atoms with Gasteiger partial charge in [-0.05, 0) is 49.7 Å². The number of pyridine rings is 1. The van der Waals surface area contributed by atoms with E-state index in [1.807, 2.05) is 49.2 Å². The van der Waals surface area contributed by atoms with Gasteiger partial charge >= 0.3 is 0 Å². The zero-order valence-electron chi connectivity index (χ0n) is 15.5. The number of rotatable bonds is 4. The first-order valence-electron chi connectivity index (χ1n) is 9.16. The van der Waals surface area contributed by atoms with E-state index in [0.29, 0.717) is 36.8 Å². The van der Waals surface area contributed by atoms with E-state index in [2.05, 4.69) is 11.1 Å². The predicted octanol–water partition coefficient (Wildman–Crippen LogP) is 4.06. The summed E-state index contributed by atoms with van der Waals surface area (Å²) in [6.07, 6.45) is 1.84. The van der Waals surface area contributed by atoms with Crippen LogP contribution in [0.25, 0.3) is 10.9 Å². The molecular formula is C22H22N2O3. The highest BCUT2D eigenvalue weighted by atomic mass is 16.6. The quantitative estimate of drug-likeness (QED) is 0.702. The highest BCUT2D eigenvalue weighted by molar-refractivity contribution is 5.95. The van der Waals surface area contributed by atoms with E-state index in [4.69, 9.17) is 9.47 Å². The molecule has 27 heavy (non-hydrogen) atoms. The topological polar surface area (TPSA) is 51.7 Å². The molecule has 0 fully saturated rings. The summed E-state index contributed by atoms with van der Waals surface area (Å²) >= 11 is 0. The van der Waals surface area contributed by atoms with Gasteiger partial charge in [-0.25, -0.2) is 0 Å². The molecule has 0 unspecified atom stereocenters. The summed E-state index contributed by atoms with van der Waals surface area (Å²) in [6.45, 7) is 5.58.